The van der Waals surface area contributed by atoms with Crippen LogP contribution in [0.1, 0.15) is 24.0 Å². The molecule has 20 heavy (non-hydrogen) atoms. The highest BCUT2D eigenvalue weighted by Gasteiger charge is 2.21. The lowest BCUT2D eigenvalue weighted by Crippen LogP contribution is -2.35. The topological polar surface area (TPSA) is 56.7 Å². The summed E-state index contributed by atoms with van der Waals surface area (Å²) in [5.74, 6) is 0.980. The van der Waals surface area contributed by atoms with Gasteiger partial charge in [-0.05, 0) is 17.5 Å². The van der Waals surface area contributed by atoms with E-state index in [0.29, 0.717) is 6.42 Å². The Morgan fingerprint density at radius 2 is 1.95 bits per heavy atom. The highest BCUT2D eigenvalue weighted by Crippen LogP contribution is 2.22. The normalized spacial score (nSPS) is 14.1. The van der Waals surface area contributed by atoms with Gasteiger partial charge in [0, 0.05) is 40.2 Å². The molecular formula is C15H22N4O. The van der Waals surface area contributed by atoms with Gasteiger partial charge in [-0.3, -0.25) is 9.79 Å². The van der Waals surface area contributed by atoms with E-state index >= 15 is 0 Å². The molecule has 0 atom stereocenters. The van der Waals surface area contributed by atoms with E-state index in [-0.39, 0.29) is 5.91 Å². The van der Waals surface area contributed by atoms with Gasteiger partial charge in [-0.15, -0.1) is 0 Å². The fourth-order valence-electron chi connectivity index (χ4n) is 2.39. The zero-order chi connectivity index (χ0) is 14.4. The Morgan fingerprint density at radius 1 is 1.30 bits per heavy atom. The van der Waals surface area contributed by atoms with Gasteiger partial charge >= 0.3 is 0 Å². The Morgan fingerprint density at radius 3 is 2.50 bits per heavy atom. The largest absolute Gasteiger partial charge is 0.359 e. The molecule has 1 heterocycles. The summed E-state index contributed by atoms with van der Waals surface area (Å²) in [7, 11) is 3.55. The minimum Gasteiger partial charge on any atom is -0.359 e. The summed E-state index contributed by atoms with van der Waals surface area (Å²) in [5, 5.41) is 6.10. The van der Waals surface area contributed by atoms with E-state index in [1.54, 1.807) is 7.05 Å². The van der Waals surface area contributed by atoms with Crippen molar-refractivity contribution in [2.45, 2.75) is 25.9 Å². The number of fused-ring (bicyclic) bond motifs is 1. The van der Waals surface area contributed by atoms with Crippen molar-refractivity contribution in [3.63, 3.8) is 0 Å². The van der Waals surface area contributed by atoms with Crippen molar-refractivity contribution in [1.82, 2.24) is 15.5 Å². The van der Waals surface area contributed by atoms with Gasteiger partial charge < -0.3 is 15.5 Å². The highest BCUT2D eigenvalue weighted by atomic mass is 16.2. The summed E-state index contributed by atoms with van der Waals surface area (Å²) >= 11 is 0. The Labute approximate surface area is 120 Å². The summed E-state index contributed by atoms with van der Waals surface area (Å²) in [5.41, 5.74) is 2.55. The molecule has 5 nitrogen and oxygen atoms in total. The second-order valence-corrected chi connectivity index (χ2v) is 4.87. The van der Waals surface area contributed by atoms with E-state index in [4.69, 9.17) is 0 Å². The molecule has 1 aliphatic heterocycles. The number of benzene rings is 1. The number of guanidine groups is 1. The monoisotopic (exact) mass is 274 g/mol. The van der Waals surface area contributed by atoms with E-state index in [1.165, 1.54) is 11.1 Å². The minimum absolute atomic E-state index is 0.224. The van der Waals surface area contributed by atoms with E-state index in [1.807, 2.05) is 24.1 Å². The van der Waals surface area contributed by atoms with Crippen molar-refractivity contribution >= 4 is 11.9 Å². The molecule has 0 aromatic heterocycles. The lowest BCUT2D eigenvalue weighted by atomic mass is 10.1. The van der Waals surface area contributed by atoms with Crippen LogP contribution >= 0.6 is 0 Å². The molecule has 2 N–H and O–H groups in total. The van der Waals surface area contributed by atoms with Crippen molar-refractivity contribution in [3.8, 4) is 0 Å². The number of carbonyl (C=O) groups is 1. The molecule has 0 bridgehead atoms. The third-order valence-electron chi connectivity index (χ3n) is 3.51. The molecule has 0 fully saturated rings. The van der Waals surface area contributed by atoms with E-state index in [9.17, 15) is 4.79 Å². The SMILES string of the molecule is CN=C(NC)NCCCC(=O)N1Cc2ccccc2C1. The molecule has 5 heteroatoms. The third-order valence-corrected chi connectivity index (χ3v) is 3.51. The number of hydrogen-bond donors (Lipinski definition) is 2. The number of nitrogens with one attached hydrogen (secondary N) is 2. The van der Waals surface area contributed by atoms with Crippen LogP contribution in [0.2, 0.25) is 0 Å². The van der Waals surface area contributed by atoms with Crippen LogP contribution in [0.25, 0.3) is 0 Å². The Kier molecular flexibility index (Phi) is 4.98. The predicted molar refractivity (Wildman–Crippen MR) is 80.4 cm³/mol. The first-order valence-electron chi connectivity index (χ1n) is 6.97. The van der Waals surface area contributed by atoms with Crippen molar-refractivity contribution in [1.29, 1.82) is 0 Å². The summed E-state index contributed by atoms with van der Waals surface area (Å²) in [6.45, 7) is 2.25. The Balaban J connectivity index is 1.72. The maximum atomic E-state index is 12.1. The molecule has 0 spiro atoms. The van der Waals surface area contributed by atoms with Crippen molar-refractivity contribution in [2.24, 2.45) is 4.99 Å². The summed E-state index contributed by atoms with van der Waals surface area (Å²) in [6, 6.07) is 8.25. The molecule has 1 amide bonds. The summed E-state index contributed by atoms with van der Waals surface area (Å²) in [4.78, 5) is 18.1. The number of amides is 1. The molecule has 2 rings (SSSR count). The molecule has 0 unspecified atom stereocenters. The zero-order valence-electron chi connectivity index (χ0n) is 12.1. The molecular weight excluding hydrogens is 252 g/mol. The van der Waals surface area contributed by atoms with Gasteiger partial charge in [-0.25, -0.2) is 0 Å². The van der Waals surface area contributed by atoms with Gasteiger partial charge in [0.2, 0.25) is 5.91 Å². The maximum absolute atomic E-state index is 12.1. The van der Waals surface area contributed by atoms with Crippen molar-refractivity contribution < 1.29 is 4.79 Å². The van der Waals surface area contributed by atoms with E-state index in [2.05, 4.69) is 27.8 Å². The number of nitrogens with zero attached hydrogens (tertiary/aromatic N) is 2. The minimum atomic E-state index is 0.224. The fraction of sp³-hybridized carbons (Fsp3) is 0.467. The van der Waals surface area contributed by atoms with E-state index < -0.39 is 0 Å². The third kappa shape index (κ3) is 3.50. The smallest absolute Gasteiger partial charge is 0.223 e. The Bertz CT molecular complexity index is 473. The summed E-state index contributed by atoms with van der Waals surface area (Å²) < 4.78 is 0. The number of carbonyl (C=O) groups excluding carboxylic acids is 1. The quantitative estimate of drug-likeness (QED) is 0.491. The van der Waals surface area contributed by atoms with Crippen molar-refractivity contribution in [3.05, 3.63) is 35.4 Å². The molecule has 1 aromatic rings. The maximum Gasteiger partial charge on any atom is 0.223 e. The summed E-state index contributed by atoms with van der Waals surface area (Å²) in [6.07, 6.45) is 1.38. The molecule has 0 radical (unpaired) electrons. The molecule has 108 valence electrons. The lowest BCUT2D eigenvalue weighted by molar-refractivity contribution is -0.131. The van der Waals surface area contributed by atoms with Crippen LogP contribution in [0.15, 0.2) is 29.3 Å². The lowest BCUT2D eigenvalue weighted by Gasteiger charge is -2.15. The average Bonchev–Trinajstić information content (AvgIpc) is 2.91. The van der Waals surface area contributed by atoms with Crippen LogP contribution in [0, 0.1) is 0 Å². The molecule has 0 saturated carbocycles. The second-order valence-electron chi connectivity index (χ2n) is 4.87. The molecule has 0 saturated heterocycles. The van der Waals surface area contributed by atoms with Gasteiger partial charge in [0.1, 0.15) is 0 Å². The first kappa shape index (κ1) is 14.4. The van der Waals surface area contributed by atoms with Gasteiger partial charge in [0.05, 0.1) is 0 Å². The first-order valence-corrected chi connectivity index (χ1v) is 6.97. The molecule has 1 aliphatic rings. The zero-order valence-corrected chi connectivity index (χ0v) is 12.1. The molecule has 0 aliphatic carbocycles. The first-order chi connectivity index (χ1) is 9.74. The van der Waals surface area contributed by atoms with Crippen LogP contribution < -0.4 is 10.6 Å². The van der Waals surface area contributed by atoms with E-state index in [0.717, 1.165) is 32.0 Å². The fourth-order valence-corrected chi connectivity index (χ4v) is 2.39. The van der Waals surface area contributed by atoms with Crippen LogP contribution in [0.4, 0.5) is 0 Å². The highest BCUT2D eigenvalue weighted by molar-refractivity contribution is 5.79. The van der Waals surface area contributed by atoms with Crippen LogP contribution in [-0.2, 0) is 17.9 Å². The van der Waals surface area contributed by atoms with Crippen LogP contribution in [-0.4, -0.2) is 37.4 Å². The number of aliphatic imine (C=N–C) groups is 1. The van der Waals surface area contributed by atoms with Gasteiger partial charge in [-0.1, -0.05) is 24.3 Å². The average molecular weight is 274 g/mol. The standard InChI is InChI=1S/C15H22N4O/c1-16-15(17-2)18-9-5-8-14(20)19-10-12-6-3-4-7-13(12)11-19/h3-4,6-7H,5,8-11H2,1-2H3,(H2,16,17,18). The van der Waals surface area contributed by atoms with Gasteiger partial charge in [-0.2, -0.15) is 0 Å². The van der Waals surface area contributed by atoms with Gasteiger partial charge in [0.15, 0.2) is 5.96 Å². The van der Waals surface area contributed by atoms with Crippen LogP contribution in [0.3, 0.4) is 0 Å². The van der Waals surface area contributed by atoms with Gasteiger partial charge in [0.25, 0.3) is 0 Å². The Hall–Kier alpha value is -2.04. The number of rotatable bonds is 4. The predicted octanol–water partition coefficient (Wildman–Crippen LogP) is 1.10. The number of hydrogen-bond acceptors (Lipinski definition) is 2. The van der Waals surface area contributed by atoms with Crippen LogP contribution in [0.5, 0.6) is 0 Å². The van der Waals surface area contributed by atoms with Crippen molar-refractivity contribution in [2.75, 3.05) is 20.6 Å². The molecule has 1 aromatic carbocycles. The second kappa shape index (κ2) is 6.93.